The normalized spacial score (nSPS) is 29.4. The zero-order valence-electron chi connectivity index (χ0n) is 14.5. The van der Waals surface area contributed by atoms with E-state index in [1.54, 1.807) is 17.0 Å². The van der Waals surface area contributed by atoms with Gasteiger partial charge in [0.25, 0.3) is 0 Å². The minimum Gasteiger partial charge on any atom is -0.481 e. The third kappa shape index (κ3) is 3.14. The Morgan fingerprint density at radius 1 is 1.32 bits per heavy atom. The molecule has 136 valence electrons. The van der Waals surface area contributed by atoms with Crippen LogP contribution in [0.3, 0.4) is 0 Å². The molecule has 0 bridgehead atoms. The van der Waals surface area contributed by atoms with E-state index in [1.807, 2.05) is 13.8 Å². The van der Waals surface area contributed by atoms with Crippen LogP contribution >= 0.6 is 0 Å². The number of halogens is 1. The van der Waals surface area contributed by atoms with E-state index in [0.29, 0.717) is 19.5 Å². The molecule has 1 aromatic carbocycles. The first-order chi connectivity index (χ1) is 11.8. The van der Waals surface area contributed by atoms with Gasteiger partial charge >= 0.3 is 5.97 Å². The number of carbonyl (C=O) groups is 2. The molecule has 3 rings (SSSR count). The van der Waals surface area contributed by atoms with Crippen molar-refractivity contribution in [2.75, 3.05) is 19.6 Å². The quantitative estimate of drug-likeness (QED) is 0.768. The lowest BCUT2D eigenvalue weighted by Crippen LogP contribution is -2.43. The molecule has 3 unspecified atom stereocenters. The third-order valence-corrected chi connectivity index (χ3v) is 5.67. The Labute approximate surface area is 146 Å². The first kappa shape index (κ1) is 17.8. The maximum atomic E-state index is 13.1. The molecule has 2 aliphatic heterocycles. The number of carboxylic acid groups (broad SMARTS) is 1. The number of carboxylic acids is 1. The lowest BCUT2D eigenvalue weighted by molar-refractivity contribution is -0.151. The second-order valence-corrected chi connectivity index (χ2v) is 7.29. The SMILES string of the molecule is CC(C)C1(C(=O)O)CCN(C(=O)C2CNNC2c2ccc(F)cc2)C1. The fraction of sp³-hybridized carbons (Fsp3) is 0.556. The van der Waals surface area contributed by atoms with Gasteiger partial charge < -0.3 is 10.0 Å². The average molecular weight is 349 g/mol. The topological polar surface area (TPSA) is 81.7 Å². The predicted molar refractivity (Wildman–Crippen MR) is 89.9 cm³/mol. The molecule has 2 heterocycles. The summed E-state index contributed by atoms with van der Waals surface area (Å²) < 4.78 is 13.1. The van der Waals surface area contributed by atoms with Crippen molar-refractivity contribution in [1.82, 2.24) is 15.8 Å². The largest absolute Gasteiger partial charge is 0.481 e. The number of benzene rings is 1. The first-order valence-corrected chi connectivity index (χ1v) is 8.61. The van der Waals surface area contributed by atoms with Crippen LogP contribution in [0, 0.1) is 23.1 Å². The van der Waals surface area contributed by atoms with Gasteiger partial charge in [-0.05, 0) is 30.0 Å². The number of nitrogens with zero attached hydrogens (tertiary/aromatic N) is 1. The Morgan fingerprint density at radius 2 is 2.00 bits per heavy atom. The van der Waals surface area contributed by atoms with Crippen LogP contribution in [0.25, 0.3) is 0 Å². The number of rotatable bonds is 4. The highest BCUT2D eigenvalue weighted by Gasteiger charge is 2.50. The summed E-state index contributed by atoms with van der Waals surface area (Å²) in [5.41, 5.74) is 6.03. The number of carbonyl (C=O) groups excluding carboxylic acids is 1. The summed E-state index contributed by atoms with van der Waals surface area (Å²) in [7, 11) is 0. The highest BCUT2D eigenvalue weighted by atomic mass is 19.1. The molecule has 3 N–H and O–H groups in total. The van der Waals surface area contributed by atoms with Crippen molar-refractivity contribution >= 4 is 11.9 Å². The molecule has 0 saturated carbocycles. The van der Waals surface area contributed by atoms with Crippen molar-refractivity contribution in [2.24, 2.45) is 17.3 Å². The minimum atomic E-state index is -0.875. The average Bonchev–Trinajstić information content (AvgIpc) is 3.23. The molecule has 1 aromatic rings. The molecule has 1 amide bonds. The Hall–Kier alpha value is -1.99. The molecule has 2 saturated heterocycles. The van der Waals surface area contributed by atoms with Crippen LogP contribution in [0.5, 0.6) is 0 Å². The molecule has 3 atom stereocenters. The zero-order chi connectivity index (χ0) is 18.2. The number of nitrogens with one attached hydrogen (secondary N) is 2. The number of amides is 1. The van der Waals surface area contributed by atoms with Gasteiger partial charge in [0.1, 0.15) is 5.82 Å². The van der Waals surface area contributed by atoms with Gasteiger partial charge in [-0.2, -0.15) is 0 Å². The summed E-state index contributed by atoms with van der Waals surface area (Å²) in [6.45, 7) is 4.94. The molecule has 0 aliphatic carbocycles. The van der Waals surface area contributed by atoms with E-state index in [2.05, 4.69) is 10.9 Å². The van der Waals surface area contributed by atoms with Gasteiger partial charge in [0.05, 0.1) is 17.4 Å². The highest BCUT2D eigenvalue weighted by Crippen LogP contribution is 2.39. The lowest BCUT2D eigenvalue weighted by Gasteiger charge is -2.30. The summed E-state index contributed by atoms with van der Waals surface area (Å²) in [6.07, 6.45) is 0.473. The Morgan fingerprint density at radius 3 is 2.56 bits per heavy atom. The molecule has 2 aliphatic rings. The van der Waals surface area contributed by atoms with Crippen LogP contribution < -0.4 is 10.9 Å². The number of hydrogen-bond donors (Lipinski definition) is 3. The van der Waals surface area contributed by atoms with Gasteiger partial charge in [-0.3, -0.25) is 15.0 Å². The van der Waals surface area contributed by atoms with Crippen LogP contribution in [-0.2, 0) is 9.59 Å². The summed E-state index contributed by atoms with van der Waals surface area (Å²) >= 11 is 0. The molecule has 25 heavy (non-hydrogen) atoms. The fourth-order valence-electron chi connectivity index (χ4n) is 3.86. The molecule has 0 aromatic heterocycles. The number of aliphatic carboxylic acids is 1. The zero-order valence-corrected chi connectivity index (χ0v) is 14.5. The molecular weight excluding hydrogens is 325 g/mol. The van der Waals surface area contributed by atoms with E-state index >= 15 is 0 Å². The predicted octanol–water partition coefficient (Wildman–Crippen LogP) is 1.55. The van der Waals surface area contributed by atoms with Crippen LogP contribution in [0.15, 0.2) is 24.3 Å². The second kappa shape index (κ2) is 6.72. The lowest BCUT2D eigenvalue weighted by atomic mass is 9.76. The third-order valence-electron chi connectivity index (χ3n) is 5.67. The molecule has 2 fully saturated rings. The Kier molecular flexibility index (Phi) is 4.79. The van der Waals surface area contributed by atoms with Gasteiger partial charge in [-0.25, -0.2) is 9.82 Å². The second-order valence-electron chi connectivity index (χ2n) is 7.29. The van der Waals surface area contributed by atoms with E-state index in [0.717, 1.165) is 5.56 Å². The molecule has 6 nitrogen and oxygen atoms in total. The van der Waals surface area contributed by atoms with E-state index in [4.69, 9.17) is 0 Å². The van der Waals surface area contributed by atoms with Crippen molar-refractivity contribution in [3.8, 4) is 0 Å². The Balaban J connectivity index is 1.76. The maximum absolute atomic E-state index is 13.1. The maximum Gasteiger partial charge on any atom is 0.311 e. The first-order valence-electron chi connectivity index (χ1n) is 8.61. The summed E-state index contributed by atoms with van der Waals surface area (Å²) in [4.78, 5) is 26.5. The van der Waals surface area contributed by atoms with Gasteiger partial charge in [0, 0.05) is 19.6 Å². The van der Waals surface area contributed by atoms with Gasteiger partial charge in [0.15, 0.2) is 0 Å². The molecule has 0 spiro atoms. The van der Waals surface area contributed by atoms with E-state index < -0.39 is 11.4 Å². The molecular formula is C18H24FN3O3. The van der Waals surface area contributed by atoms with Crippen molar-refractivity contribution in [1.29, 1.82) is 0 Å². The van der Waals surface area contributed by atoms with Crippen molar-refractivity contribution in [3.63, 3.8) is 0 Å². The van der Waals surface area contributed by atoms with Crippen LogP contribution in [0.2, 0.25) is 0 Å². The molecule has 0 radical (unpaired) electrons. The standard InChI is InChI=1S/C18H24FN3O3/c1-11(2)18(17(24)25)7-8-22(10-18)16(23)14-9-20-21-15(14)12-3-5-13(19)6-4-12/h3-6,11,14-15,20-21H,7-10H2,1-2H3,(H,24,25). The van der Waals surface area contributed by atoms with Gasteiger partial charge in [0.2, 0.25) is 5.91 Å². The van der Waals surface area contributed by atoms with Crippen molar-refractivity contribution < 1.29 is 19.1 Å². The van der Waals surface area contributed by atoms with E-state index in [9.17, 15) is 19.1 Å². The van der Waals surface area contributed by atoms with E-state index in [1.165, 1.54) is 12.1 Å². The van der Waals surface area contributed by atoms with Crippen LogP contribution in [0.4, 0.5) is 4.39 Å². The number of hydrogen-bond acceptors (Lipinski definition) is 4. The fourth-order valence-corrected chi connectivity index (χ4v) is 3.86. The van der Waals surface area contributed by atoms with E-state index in [-0.39, 0.29) is 36.1 Å². The van der Waals surface area contributed by atoms with Crippen molar-refractivity contribution in [3.05, 3.63) is 35.6 Å². The minimum absolute atomic E-state index is 0.0458. The summed E-state index contributed by atoms with van der Waals surface area (Å²) in [5.74, 6) is -1.61. The molecule has 7 heteroatoms. The monoisotopic (exact) mass is 349 g/mol. The van der Waals surface area contributed by atoms with Crippen LogP contribution in [-0.4, -0.2) is 41.5 Å². The summed E-state index contributed by atoms with van der Waals surface area (Å²) in [6, 6.07) is 5.83. The van der Waals surface area contributed by atoms with Gasteiger partial charge in [-0.1, -0.05) is 26.0 Å². The smallest absolute Gasteiger partial charge is 0.311 e. The number of hydrazine groups is 1. The summed E-state index contributed by atoms with van der Waals surface area (Å²) in [5, 5.41) is 9.66. The highest BCUT2D eigenvalue weighted by molar-refractivity contribution is 5.83. The van der Waals surface area contributed by atoms with Gasteiger partial charge in [-0.15, -0.1) is 0 Å². The Bertz CT molecular complexity index is 664. The van der Waals surface area contributed by atoms with Crippen molar-refractivity contribution in [2.45, 2.75) is 26.3 Å². The van der Waals surface area contributed by atoms with Crippen LogP contribution in [0.1, 0.15) is 31.9 Å². The number of likely N-dealkylation sites (tertiary alicyclic amines) is 1.